The van der Waals surface area contributed by atoms with E-state index in [0.717, 1.165) is 6.07 Å². The van der Waals surface area contributed by atoms with Crippen LogP contribution >= 0.6 is 0 Å². The molecule has 0 saturated carbocycles. The highest BCUT2D eigenvalue weighted by Crippen LogP contribution is 2.18. The van der Waals surface area contributed by atoms with Gasteiger partial charge in [-0.25, -0.2) is 8.78 Å². The molecular formula is C14H18F2N2O2. The molecule has 1 aromatic carbocycles. The van der Waals surface area contributed by atoms with E-state index in [9.17, 15) is 13.6 Å². The normalized spacial score (nSPS) is 24.2. The topological polar surface area (TPSA) is 50.4 Å². The SMILES string of the molecule is C[C@@H](NC(=O)[C@H]1NCCO[C@@H]1C)c1ccc(F)cc1F. The summed E-state index contributed by atoms with van der Waals surface area (Å²) < 4.78 is 31.9. The molecule has 1 saturated heterocycles. The molecule has 1 aliphatic rings. The summed E-state index contributed by atoms with van der Waals surface area (Å²) in [6, 6.07) is 2.31. The Balaban J connectivity index is 2.03. The van der Waals surface area contributed by atoms with E-state index in [-0.39, 0.29) is 17.6 Å². The Kier molecular flexibility index (Phi) is 4.67. The van der Waals surface area contributed by atoms with Gasteiger partial charge in [0.2, 0.25) is 5.91 Å². The van der Waals surface area contributed by atoms with Crippen LogP contribution in [0.5, 0.6) is 0 Å². The lowest BCUT2D eigenvalue weighted by Gasteiger charge is -2.30. The van der Waals surface area contributed by atoms with Crippen LogP contribution in [0.15, 0.2) is 18.2 Å². The molecule has 0 aliphatic carbocycles. The molecule has 0 unspecified atom stereocenters. The van der Waals surface area contributed by atoms with Gasteiger partial charge in [0, 0.05) is 18.2 Å². The average Bonchev–Trinajstić information content (AvgIpc) is 2.38. The van der Waals surface area contributed by atoms with Gasteiger partial charge >= 0.3 is 0 Å². The highest BCUT2D eigenvalue weighted by molar-refractivity contribution is 5.82. The van der Waals surface area contributed by atoms with Crippen molar-refractivity contribution in [3.05, 3.63) is 35.4 Å². The second-order valence-corrected chi connectivity index (χ2v) is 4.90. The van der Waals surface area contributed by atoms with Crippen LogP contribution in [0.25, 0.3) is 0 Å². The monoisotopic (exact) mass is 284 g/mol. The molecule has 1 heterocycles. The Bertz CT molecular complexity index is 496. The van der Waals surface area contributed by atoms with Gasteiger partial charge in [0.25, 0.3) is 0 Å². The lowest BCUT2D eigenvalue weighted by Crippen LogP contribution is -2.55. The van der Waals surface area contributed by atoms with Crippen molar-refractivity contribution in [3.63, 3.8) is 0 Å². The Morgan fingerprint density at radius 2 is 2.25 bits per heavy atom. The van der Waals surface area contributed by atoms with Crippen molar-refractivity contribution < 1.29 is 18.3 Å². The molecule has 1 aromatic rings. The molecule has 0 aromatic heterocycles. The van der Waals surface area contributed by atoms with Gasteiger partial charge in [-0.1, -0.05) is 6.07 Å². The predicted octanol–water partition coefficient (Wildman–Crippen LogP) is 1.52. The standard InChI is InChI=1S/C14H18F2N2O2/c1-8(11-4-3-10(15)7-12(11)16)18-14(19)13-9(2)20-6-5-17-13/h3-4,7-9,13,17H,5-6H2,1-2H3,(H,18,19)/t8-,9-,13+/m1/s1. The van der Waals surface area contributed by atoms with Crippen molar-refractivity contribution in [2.75, 3.05) is 13.2 Å². The molecule has 2 N–H and O–H groups in total. The second-order valence-electron chi connectivity index (χ2n) is 4.90. The maximum atomic E-state index is 13.6. The van der Waals surface area contributed by atoms with Crippen LogP contribution in [0, 0.1) is 11.6 Å². The van der Waals surface area contributed by atoms with Crippen LogP contribution in [0.3, 0.4) is 0 Å². The van der Waals surface area contributed by atoms with Crippen molar-refractivity contribution in [2.45, 2.75) is 32.0 Å². The maximum Gasteiger partial charge on any atom is 0.240 e. The molecule has 110 valence electrons. The van der Waals surface area contributed by atoms with Gasteiger partial charge in [0.05, 0.1) is 18.8 Å². The molecule has 20 heavy (non-hydrogen) atoms. The van der Waals surface area contributed by atoms with Gasteiger partial charge in [-0.2, -0.15) is 0 Å². The number of benzene rings is 1. The molecule has 1 amide bonds. The third-order valence-electron chi connectivity index (χ3n) is 3.39. The van der Waals surface area contributed by atoms with Crippen molar-refractivity contribution in [2.24, 2.45) is 0 Å². The van der Waals surface area contributed by atoms with Gasteiger partial charge in [0.1, 0.15) is 17.7 Å². The van der Waals surface area contributed by atoms with E-state index in [1.807, 2.05) is 0 Å². The van der Waals surface area contributed by atoms with Crippen molar-refractivity contribution in [1.29, 1.82) is 0 Å². The fraction of sp³-hybridized carbons (Fsp3) is 0.500. The Morgan fingerprint density at radius 3 is 2.90 bits per heavy atom. The molecule has 0 bridgehead atoms. The first-order chi connectivity index (χ1) is 9.49. The minimum Gasteiger partial charge on any atom is -0.375 e. The second kappa shape index (κ2) is 6.28. The van der Waals surface area contributed by atoms with Crippen LogP contribution in [0.4, 0.5) is 8.78 Å². The summed E-state index contributed by atoms with van der Waals surface area (Å²) >= 11 is 0. The van der Waals surface area contributed by atoms with E-state index in [4.69, 9.17) is 4.74 Å². The maximum absolute atomic E-state index is 13.6. The summed E-state index contributed by atoms with van der Waals surface area (Å²) in [6.45, 7) is 4.62. The number of carbonyl (C=O) groups excluding carboxylic acids is 1. The van der Waals surface area contributed by atoms with Crippen LogP contribution in [0.2, 0.25) is 0 Å². The molecule has 4 nitrogen and oxygen atoms in total. The predicted molar refractivity (Wildman–Crippen MR) is 70.1 cm³/mol. The molecule has 1 fully saturated rings. The zero-order valence-electron chi connectivity index (χ0n) is 11.5. The number of halogens is 2. The Labute approximate surface area is 116 Å². The largest absolute Gasteiger partial charge is 0.375 e. The van der Waals surface area contributed by atoms with Gasteiger partial charge in [-0.15, -0.1) is 0 Å². The highest BCUT2D eigenvalue weighted by Gasteiger charge is 2.29. The first-order valence-electron chi connectivity index (χ1n) is 6.59. The minimum absolute atomic E-state index is 0.242. The number of hydrogen-bond acceptors (Lipinski definition) is 3. The third-order valence-corrected chi connectivity index (χ3v) is 3.39. The minimum atomic E-state index is -0.668. The zero-order chi connectivity index (χ0) is 14.7. The van der Waals surface area contributed by atoms with Crippen LogP contribution in [-0.4, -0.2) is 31.2 Å². The van der Waals surface area contributed by atoms with Gasteiger partial charge in [-0.05, 0) is 19.9 Å². The first kappa shape index (κ1) is 14.9. The van der Waals surface area contributed by atoms with Gasteiger partial charge in [-0.3, -0.25) is 4.79 Å². The number of nitrogens with one attached hydrogen (secondary N) is 2. The van der Waals surface area contributed by atoms with E-state index in [2.05, 4.69) is 10.6 Å². The first-order valence-corrected chi connectivity index (χ1v) is 6.59. The van der Waals surface area contributed by atoms with E-state index >= 15 is 0 Å². The van der Waals surface area contributed by atoms with E-state index < -0.39 is 23.7 Å². The van der Waals surface area contributed by atoms with E-state index in [0.29, 0.717) is 13.2 Å². The summed E-state index contributed by atoms with van der Waals surface area (Å²) in [5, 5.41) is 5.77. The smallest absolute Gasteiger partial charge is 0.240 e. The number of carbonyl (C=O) groups is 1. The van der Waals surface area contributed by atoms with Crippen LogP contribution in [0.1, 0.15) is 25.5 Å². The van der Waals surface area contributed by atoms with Crippen molar-refractivity contribution >= 4 is 5.91 Å². The lowest BCUT2D eigenvalue weighted by atomic mass is 10.1. The third kappa shape index (κ3) is 3.32. The number of rotatable bonds is 3. The van der Waals surface area contributed by atoms with Crippen molar-refractivity contribution in [3.8, 4) is 0 Å². The molecule has 3 atom stereocenters. The summed E-state index contributed by atoms with van der Waals surface area (Å²) in [5.41, 5.74) is 0.254. The van der Waals surface area contributed by atoms with Crippen LogP contribution < -0.4 is 10.6 Å². The Morgan fingerprint density at radius 1 is 1.50 bits per heavy atom. The number of hydrogen-bond donors (Lipinski definition) is 2. The highest BCUT2D eigenvalue weighted by atomic mass is 19.1. The summed E-state index contributed by atoms with van der Waals surface area (Å²) in [4.78, 5) is 12.1. The summed E-state index contributed by atoms with van der Waals surface area (Å²) in [6.07, 6.45) is -0.242. The Hall–Kier alpha value is -1.53. The number of amides is 1. The summed E-state index contributed by atoms with van der Waals surface area (Å²) in [7, 11) is 0. The number of ether oxygens (including phenoxy) is 1. The van der Waals surface area contributed by atoms with E-state index in [1.165, 1.54) is 12.1 Å². The molecule has 2 rings (SSSR count). The van der Waals surface area contributed by atoms with Gasteiger partial charge < -0.3 is 15.4 Å². The average molecular weight is 284 g/mol. The quantitative estimate of drug-likeness (QED) is 0.885. The summed E-state index contributed by atoms with van der Waals surface area (Å²) in [5.74, 6) is -1.56. The van der Waals surface area contributed by atoms with Crippen LogP contribution in [-0.2, 0) is 9.53 Å². The van der Waals surface area contributed by atoms with Gasteiger partial charge in [0.15, 0.2) is 0 Å². The molecule has 1 aliphatic heterocycles. The fourth-order valence-corrected chi connectivity index (χ4v) is 2.26. The number of morpholine rings is 1. The fourth-order valence-electron chi connectivity index (χ4n) is 2.26. The van der Waals surface area contributed by atoms with E-state index in [1.54, 1.807) is 13.8 Å². The zero-order valence-corrected chi connectivity index (χ0v) is 11.5. The molecular weight excluding hydrogens is 266 g/mol. The molecule has 6 heteroatoms. The molecule has 0 radical (unpaired) electrons. The van der Waals surface area contributed by atoms with Crippen molar-refractivity contribution in [1.82, 2.24) is 10.6 Å². The molecule has 0 spiro atoms. The lowest BCUT2D eigenvalue weighted by molar-refractivity contribution is -0.129.